The molecule has 26 heavy (non-hydrogen) atoms. The predicted octanol–water partition coefficient (Wildman–Crippen LogP) is 4.24. The Morgan fingerprint density at radius 3 is 1.31 bits per heavy atom. The van der Waals surface area contributed by atoms with Gasteiger partial charge in [-0.05, 0) is 86.1 Å². The van der Waals surface area contributed by atoms with Gasteiger partial charge in [0.2, 0.25) is 0 Å². The molecule has 158 valence electrons. The second kappa shape index (κ2) is 13.3. The van der Waals surface area contributed by atoms with Crippen LogP contribution in [-0.4, -0.2) is 90.0 Å². The third-order valence-corrected chi connectivity index (χ3v) is 7.64. The van der Waals surface area contributed by atoms with Crippen LogP contribution in [0, 0.1) is 5.41 Å². The highest BCUT2D eigenvalue weighted by Gasteiger charge is 2.40. The van der Waals surface area contributed by atoms with Crippen molar-refractivity contribution in [3.8, 4) is 0 Å². The van der Waals surface area contributed by atoms with Crippen LogP contribution < -0.4 is 0 Å². The standard InChI is InChI=1S/C21H49N3OSi/c1-10-14-22(5)17-21(18-23(6)15-11-2,19-24(7)16-12-3)20-26(8,9)25-13-4/h10-20H2,1-9H3. The first-order valence-corrected chi connectivity index (χ1v) is 13.9. The van der Waals surface area contributed by atoms with Crippen LogP contribution >= 0.6 is 0 Å². The van der Waals surface area contributed by atoms with Gasteiger partial charge in [-0.3, -0.25) is 0 Å². The number of hydrogen-bond donors (Lipinski definition) is 0. The fraction of sp³-hybridized carbons (Fsp3) is 1.00. The molecule has 0 fully saturated rings. The molecule has 0 aliphatic carbocycles. The summed E-state index contributed by atoms with van der Waals surface area (Å²) in [6, 6.07) is 1.23. The molecule has 0 unspecified atom stereocenters. The zero-order valence-electron chi connectivity index (χ0n) is 19.5. The summed E-state index contributed by atoms with van der Waals surface area (Å²) in [5.74, 6) is 0. The molecular formula is C21H49N3OSi. The van der Waals surface area contributed by atoms with Crippen LogP contribution in [0.15, 0.2) is 0 Å². The molecule has 0 rings (SSSR count). The van der Waals surface area contributed by atoms with Gasteiger partial charge >= 0.3 is 0 Å². The minimum atomic E-state index is -1.69. The van der Waals surface area contributed by atoms with E-state index in [9.17, 15) is 0 Å². The molecule has 0 N–H and O–H groups in total. The quantitative estimate of drug-likeness (QED) is 0.369. The smallest absolute Gasteiger partial charge is 0.187 e. The molecular weight excluding hydrogens is 338 g/mol. The minimum Gasteiger partial charge on any atom is -0.418 e. The van der Waals surface area contributed by atoms with E-state index in [1.807, 2.05) is 0 Å². The van der Waals surface area contributed by atoms with Crippen molar-refractivity contribution >= 4 is 8.32 Å². The van der Waals surface area contributed by atoms with Gasteiger partial charge in [0.1, 0.15) is 0 Å². The van der Waals surface area contributed by atoms with Gasteiger partial charge in [-0.1, -0.05) is 20.8 Å². The average molecular weight is 388 g/mol. The second-order valence-electron chi connectivity index (χ2n) is 9.08. The lowest BCUT2D eigenvalue weighted by Crippen LogP contribution is -2.54. The molecule has 0 spiro atoms. The summed E-state index contributed by atoms with van der Waals surface area (Å²) in [5.41, 5.74) is 0.267. The zero-order valence-corrected chi connectivity index (χ0v) is 20.5. The van der Waals surface area contributed by atoms with Crippen LogP contribution in [0.1, 0.15) is 47.0 Å². The van der Waals surface area contributed by atoms with E-state index in [1.165, 1.54) is 44.9 Å². The van der Waals surface area contributed by atoms with Gasteiger partial charge in [0.05, 0.1) is 0 Å². The molecule has 0 saturated heterocycles. The van der Waals surface area contributed by atoms with E-state index in [0.29, 0.717) is 0 Å². The monoisotopic (exact) mass is 387 g/mol. The molecule has 0 aromatic heterocycles. The van der Waals surface area contributed by atoms with Crippen LogP contribution in [0.4, 0.5) is 0 Å². The lowest BCUT2D eigenvalue weighted by atomic mass is 9.87. The summed E-state index contributed by atoms with van der Waals surface area (Å²) in [7, 11) is 5.21. The maximum absolute atomic E-state index is 6.29. The molecule has 0 saturated carbocycles. The van der Waals surface area contributed by atoms with Crippen LogP contribution in [0.5, 0.6) is 0 Å². The Morgan fingerprint density at radius 1 is 0.692 bits per heavy atom. The summed E-state index contributed by atoms with van der Waals surface area (Å²) < 4.78 is 6.29. The minimum absolute atomic E-state index is 0.267. The van der Waals surface area contributed by atoms with Gasteiger partial charge in [-0.15, -0.1) is 0 Å². The molecule has 0 radical (unpaired) electrons. The van der Waals surface area contributed by atoms with Gasteiger partial charge in [0, 0.05) is 31.7 Å². The maximum atomic E-state index is 6.29. The summed E-state index contributed by atoms with van der Waals surface area (Å²) in [5, 5.41) is 0. The topological polar surface area (TPSA) is 19.0 Å². The van der Waals surface area contributed by atoms with E-state index in [4.69, 9.17) is 4.43 Å². The number of rotatable bonds is 16. The van der Waals surface area contributed by atoms with Crippen molar-refractivity contribution in [2.45, 2.75) is 66.1 Å². The second-order valence-corrected chi connectivity index (χ2v) is 13.2. The van der Waals surface area contributed by atoms with Crippen molar-refractivity contribution in [2.24, 2.45) is 5.41 Å². The van der Waals surface area contributed by atoms with Crippen molar-refractivity contribution in [1.29, 1.82) is 0 Å². The van der Waals surface area contributed by atoms with E-state index in [2.05, 4.69) is 76.6 Å². The third kappa shape index (κ3) is 11.0. The predicted molar refractivity (Wildman–Crippen MR) is 120 cm³/mol. The molecule has 0 aliphatic heterocycles. The first-order chi connectivity index (χ1) is 12.1. The van der Waals surface area contributed by atoms with Gasteiger partial charge in [0.25, 0.3) is 0 Å². The Morgan fingerprint density at radius 2 is 1.04 bits per heavy atom. The highest BCUT2D eigenvalue weighted by molar-refractivity contribution is 6.71. The lowest BCUT2D eigenvalue weighted by Gasteiger charge is -2.45. The van der Waals surface area contributed by atoms with Gasteiger partial charge in [-0.25, -0.2) is 0 Å². The van der Waals surface area contributed by atoms with Crippen LogP contribution in [0.3, 0.4) is 0 Å². The molecule has 0 heterocycles. The Bertz CT molecular complexity index is 316. The van der Waals surface area contributed by atoms with E-state index in [-0.39, 0.29) is 5.41 Å². The molecule has 4 nitrogen and oxygen atoms in total. The van der Waals surface area contributed by atoms with E-state index in [0.717, 1.165) is 26.2 Å². The first kappa shape index (κ1) is 26.1. The van der Waals surface area contributed by atoms with E-state index in [1.54, 1.807) is 0 Å². The Balaban J connectivity index is 5.62. The zero-order chi connectivity index (χ0) is 20.2. The van der Waals surface area contributed by atoms with Gasteiger partial charge in [-0.2, -0.15) is 0 Å². The van der Waals surface area contributed by atoms with Crippen LogP contribution in [0.2, 0.25) is 19.1 Å². The van der Waals surface area contributed by atoms with Crippen LogP contribution in [0.25, 0.3) is 0 Å². The first-order valence-electron chi connectivity index (χ1n) is 10.8. The third-order valence-electron chi connectivity index (χ3n) is 4.97. The summed E-state index contributed by atoms with van der Waals surface area (Å²) in [6.07, 6.45) is 3.65. The Hall–Kier alpha value is 0.0569. The van der Waals surface area contributed by atoms with Crippen molar-refractivity contribution in [2.75, 3.05) is 67.0 Å². The highest BCUT2D eigenvalue weighted by atomic mass is 28.4. The summed E-state index contributed by atoms with van der Waals surface area (Å²) in [4.78, 5) is 7.65. The highest BCUT2D eigenvalue weighted by Crippen LogP contribution is 2.33. The van der Waals surface area contributed by atoms with Crippen molar-refractivity contribution in [3.63, 3.8) is 0 Å². The van der Waals surface area contributed by atoms with E-state index < -0.39 is 8.32 Å². The SMILES string of the molecule is CCCN(C)CC(CN(C)CCC)(CN(C)CCC)C[Si](C)(C)OCC. The van der Waals surface area contributed by atoms with Crippen molar-refractivity contribution in [3.05, 3.63) is 0 Å². The summed E-state index contributed by atoms with van der Waals surface area (Å²) >= 11 is 0. The average Bonchev–Trinajstić information content (AvgIpc) is 2.46. The van der Waals surface area contributed by atoms with Crippen molar-refractivity contribution in [1.82, 2.24) is 14.7 Å². The van der Waals surface area contributed by atoms with Gasteiger partial charge in [0.15, 0.2) is 8.32 Å². The fourth-order valence-electron chi connectivity index (χ4n) is 4.76. The molecule has 0 aromatic rings. The molecule has 0 aromatic carbocycles. The summed E-state index contributed by atoms with van der Waals surface area (Å²) in [6.45, 7) is 21.6. The molecule has 0 aliphatic rings. The molecule has 0 atom stereocenters. The van der Waals surface area contributed by atoms with E-state index >= 15 is 0 Å². The normalized spacial score (nSPS) is 13.4. The molecule has 0 bridgehead atoms. The Labute approximate surface area is 166 Å². The Kier molecular flexibility index (Phi) is 13.3. The van der Waals surface area contributed by atoms with Crippen molar-refractivity contribution < 1.29 is 4.43 Å². The largest absolute Gasteiger partial charge is 0.418 e. The van der Waals surface area contributed by atoms with Gasteiger partial charge < -0.3 is 19.1 Å². The lowest BCUT2D eigenvalue weighted by molar-refractivity contribution is 0.0888. The van der Waals surface area contributed by atoms with Crippen LogP contribution in [-0.2, 0) is 4.43 Å². The maximum Gasteiger partial charge on any atom is 0.187 e. The fourth-order valence-corrected chi connectivity index (χ4v) is 7.79. The molecule has 0 amide bonds. The number of hydrogen-bond acceptors (Lipinski definition) is 4. The molecule has 5 heteroatoms. The number of nitrogens with zero attached hydrogens (tertiary/aromatic N) is 3.